The van der Waals surface area contributed by atoms with Crippen LogP contribution in [-0.4, -0.2) is 26.6 Å². The van der Waals surface area contributed by atoms with E-state index in [1.165, 1.54) is 12.1 Å². The van der Waals surface area contributed by atoms with Crippen LogP contribution in [0.2, 0.25) is 0 Å². The number of hydrogen-bond donors (Lipinski definition) is 2. The first kappa shape index (κ1) is 15.2. The number of rotatable bonds is 4. The third-order valence-electron chi connectivity index (χ3n) is 2.57. The molecule has 1 rings (SSSR count). The van der Waals surface area contributed by atoms with Crippen molar-refractivity contribution < 1.29 is 13.2 Å². The lowest BCUT2D eigenvalue weighted by Gasteiger charge is -2.12. The fraction of sp³-hybridized carbons (Fsp3) is 0.308. The molecule has 5 nitrogen and oxygen atoms in total. The highest BCUT2D eigenvalue weighted by Gasteiger charge is 2.15. The Morgan fingerprint density at radius 1 is 1.53 bits per heavy atom. The zero-order valence-electron chi connectivity index (χ0n) is 10.8. The molecule has 0 fully saturated rings. The molecule has 0 aliphatic heterocycles. The standard InChI is InChI=1S/C13H16N2O3S/c1-4-5-11(14)13(16)15-12-8-10(19(3,17)18)7-6-9(12)2/h1,6-8,11H,5,14H2,2-3H3,(H,15,16). The van der Waals surface area contributed by atoms with Crippen LogP contribution in [0.3, 0.4) is 0 Å². The van der Waals surface area contributed by atoms with E-state index in [0.29, 0.717) is 5.69 Å². The van der Waals surface area contributed by atoms with Crippen molar-refractivity contribution in [3.8, 4) is 12.3 Å². The first-order chi connectivity index (χ1) is 8.75. The molecule has 0 spiro atoms. The lowest BCUT2D eigenvalue weighted by atomic mass is 10.1. The fourth-order valence-electron chi connectivity index (χ4n) is 1.41. The average Bonchev–Trinajstić information content (AvgIpc) is 2.30. The van der Waals surface area contributed by atoms with Crippen LogP contribution in [0, 0.1) is 19.3 Å². The second-order valence-electron chi connectivity index (χ2n) is 4.25. The van der Waals surface area contributed by atoms with Gasteiger partial charge in [0.15, 0.2) is 9.84 Å². The minimum Gasteiger partial charge on any atom is -0.324 e. The summed E-state index contributed by atoms with van der Waals surface area (Å²) in [5.41, 5.74) is 6.74. The predicted octanol–water partition coefficient (Wildman–Crippen LogP) is 0.688. The highest BCUT2D eigenvalue weighted by atomic mass is 32.2. The number of terminal acetylenes is 1. The van der Waals surface area contributed by atoms with Gasteiger partial charge in [-0.05, 0) is 24.6 Å². The van der Waals surface area contributed by atoms with Crippen LogP contribution in [0.15, 0.2) is 23.1 Å². The molecule has 0 aromatic heterocycles. The third-order valence-corrected chi connectivity index (χ3v) is 3.68. The van der Waals surface area contributed by atoms with Crippen LogP contribution in [0.5, 0.6) is 0 Å². The average molecular weight is 280 g/mol. The molecule has 1 aromatic rings. The van der Waals surface area contributed by atoms with Crippen LogP contribution in [0.1, 0.15) is 12.0 Å². The molecule has 0 bridgehead atoms. The Morgan fingerprint density at radius 3 is 2.68 bits per heavy atom. The van der Waals surface area contributed by atoms with Crippen molar-refractivity contribution in [3.63, 3.8) is 0 Å². The monoisotopic (exact) mass is 280 g/mol. The van der Waals surface area contributed by atoms with Gasteiger partial charge in [0.2, 0.25) is 5.91 Å². The van der Waals surface area contributed by atoms with Crippen LogP contribution < -0.4 is 11.1 Å². The van der Waals surface area contributed by atoms with E-state index in [-0.39, 0.29) is 11.3 Å². The van der Waals surface area contributed by atoms with E-state index in [0.717, 1.165) is 11.8 Å². The van der Waals surface area contributed by atoms with Crippen LogP contribution >= 0.6 is 0 Å². The van der Waals surface area contributed by atoms with Gasteiger partial charge in [-0.25, -0.2) is 8.42 Å². The Labute approximate surface area is 113 Å². The number of carbonyl (C=O) groups excluding carboxylic acids is 1. The Hall–Kier alpha value is -1.84. The number of nitrogens with two attached hydrogens (primary N) is 1. The number of anilines is 1. The van der Waals surface area contributed by atoms with Gasteiger partial charge in [-0.15, -0.1) is 12.3 Å². The first-order valence-electron chi connectivity index (χ1n) is 5.56. The van der Waals surface area contributed by atoms with Gasteiger partial charge in [0, 0.05) is 18.4 Å². The molecular weight excluding hydrogens is 264 g/mol. The molecular formula is C13H16N2O3S. The zero-order valence-corrected chi connectivity index (χ0v) is 11.6. The fourth-order valence-corrected chi connectivity index (χ4v) is 2.06. The topological polar surface area (TPSA) is 89.3 Å². The van der Waals surface area contributed by atoms with Gasteiger partial charge in [-0.3, -0.25) is 4.79 Å². The number of sulfone groups is 1. The van der Waals surface area contributed by atoms with E-state index >= 15 is 0 Å². The van der Waals surface area contributed by atoms with Crippen molar-refractivity contribution in [2.24, 2.45) is 5.73 Å². The Bertz CT molecular complexity index is 630. The van der Waals surface area contributed by atoms with Gasteiger partial charge in [0.25, 0.3) is 0 Å². The quantitative estimate of drug-likeness (QED) is 0.794. The van der Waals surface area contributed by atoms with Gasteiger partial charge in [0.1, 0.15) is 0 Å². The number of carbonyl (C=O) groups is 1. The largest absolute Gasteiger partial charge is 0.324 e. The van der Waals surface area contributed by atoms with Gasteiger partial charge >= 0.3 is 0 Å². The van der Waals surface area contributed by atoms with E-state index in [9.17, 15) is 13.2 Å². The van der Waals surface area contributed by atoms with Gasteiger partial charge < -0.3 is 11.1 Å². The minimum absolute atomic E-state index is 0.122. The molecule has 0 radical (unpaired) electrons. The molecule has 102 valence electrons. The summed E-state index contributed by atoms with van der Waals surface area (Å²) in [4.78, 5) is 11.9. The van der Waals surface area contributed by atoms with Crippen LogP contribution in [-0.2, 0) is 14.6 Å². The summed E-state index contributed by atoms with van der Waals surface area (Å²) in [7, 11) is -3.32. The molecule has 1 amide bonds. The summed E-state index contributed by atoms with van der Waals surface area (Å²) in [6.45, 7) is 1.76. The number of hydrogen-bond acceptors (Lipinski definition) is 4. The normalized spacial score (nSPS) is 12.5. The number of amides is 1. The van der Waals surface area contributed by atoms with E-state index in [2.05, 4.69) is 11.2 Å². The van der Waals surface area contributed by atoms with Crippen LogP contribution in [0.25, 0.3) is 0 Å². The van der Waals surface area contributed by atoms with Crippen molar-refractivity contribution in [3.05, 3.63) is 23.8 Å². The number of benzene rings is 1. The number of nitrogens with one attached hydrogen (secondary N) is 1. The zero-order chi connectivity index (χ0) is 14.6. The van der Waals surface area contributed by atoms with Crippen LogP contribution in [0.4, 0.5) is 5.69 Å². The van der Waals surface area contributed by atoms with E-state index in [1.54, 1.807) is 13.0 Å². The molecule has 0 saturated carbocycles. The highest BCUT2D eigenvalue weighted by Crippen LogP contribution is 2.20. The summed E-state index contributed by atoms with van der Waals surface area (Å²) in [6.07, 6.45) is 6.31. The molecule has 19 heavy (non-hydrogen) atoms. The van der Waals surface area contributed by atoms with Gasteiger partial charge in [-0.2, -0.15) is 0 Å². The predicted molar refractivity (Wildman–Crippen MR) is 74.3 cm³/mol. The molecule has 1 aromatic carbocycles. The SMILES string of the molecule is C#CCC(N)C(=O)Nc1cc(S(C)(=O)=O)ccc1C. The summed E-state index contributed by atoms with van der Waals surface area (Å²) in [5, 5.41) is 2.58. The molecule has 1 unspecified atom stereocenters. The van der Waals surface area contributed by atoms with Gasteiger partial charge in [-0.1, -0.05) is 6.07 Å². The second kappa shape index (κ2) is 5.87. The lowest BCUT2D eigenvalue weighted by Crippen LogP contribution is -2.35. The van der Waals surface area contributed by atoms with Gasteiger partial charge in [0.05, 0.1) is 10.9 Å². The van der Waals surface area contributed by atoms with Crippen molar-refractivity contribution in [2.45, 2.75) is 24.3 Å². The summed E-state index contributed by atoms with van der Waals surface area (Å²) in [6, 6.07) is 3.71. The summed E-state index contributed by atoms with van der Waals surface area (Å²) in [5.74, 6) is 1.86. The van der Waals surface area contributed by atoms with Crippen molar-refractivity contribution in [1.29, 1.82) is 0 Å². The maximum Gasteiger partial charge on any atom is 0.242 e. The highest BCUT2D eigenvalue weighted by molar-refractivity contribution is 7.90. The van der Waals surface area contributed by atoms with E-state index in [1.807, 2.05) is 0 Å². The molecule has 0 aliphatic carbocycles. The molecule has 0 aliphatic rings. The Balaban J connectivity index is 3.02. The molecule has 6 heteroatoms. The number of aryl methyl sites for hydroxylation is 1. The third kappa shape index (κ3) is 4.09. The summed E-state index contributed by atoms with van der Waals surface area (Å²) < 4.78 is 22.9. The molecule has 0 heterocycles. The first-order valence-corrected chi connectivity index (χ1v) is 7.45. The second-order valence-corrected chi connectivity index (χ2v) is 6.27. The smallest absolute Gasteiger partial charge is 0.242 e. The minimum atomic E-state index is -3.32. The molecule has 1 atom stereocenters. The lowest BCUT2D eigenvalue weighted by molar-refractivity contribution is -0.117. The summed E-state index contributed by atoms with van der Waals surface area (Å²) >= 11 is 0. The van der Waals surface area contributed by atoms with Crippen molar-refractivity contribution in [1.82, 2.24) is 0 Å². The Morgan fingerprint density at radius 2 is 2.16 bits per heavy atom. The molecule has 0 saturated heterocycles. The molecule has 3 N–H and O–H groups in total. The Kier molecular flexibility index (Phi) is 4.70. The van der Waals surface area contributed by atoms with Crippen molar-refractivity contribution in [2.75, 3.05) is 11.6 Å². The van der Waals surface area contributed by atoms with Crippen molar-refractivity contribution >= 4 is 21.4 Å². The van der Waals surface area contributed by atoms with E-state index < -0.39 is 21.8 Å². The maximum absolute atomic E-state index is 11.7. The maximum atomic E-state index is 11.7. The van der Waals surface area contributed by atoms with E-state index in [4.69, 9.17) is 12.2 Å².